The topological polar surface area (TPSA) is 141 Å². The van der Waals surface area contributed by atoms with Crippen molar-refractivity contribution in [2.45, 2.75) is 22.5 Å². The van der Waals surface area contributed by atoms with E-state index in [0.29, 0.717) is 24.1 Å². The summed E-state index contributed by atoms with van der Waals surface area (Å²) in [5, 5.41) is 2.44. The van der Waals surface area contributed by atoms with Gasteiger partial charge in [-0.2, -0.15) is 0 Å². The molecule has 0 saturated heterocycles. The number of benzene rings is 2. The average Bonchev–Trinajstić information content (AvgIpc) is 3.50. The molecule has 0 atom stereocenters. The van der Waals surface area contributed by atoms with E-state index in [0.717, 1.165) is 6.07 Å². The highest BCUT2D eigenvalue weighted by atomic mass is 32.2. The highest BCUT2D eigenvalue weighted by molar-refractivity contribution is 7.92. The number of carbonyl (C=O) groups excluding carboxylic acids is 1. The van der Waals surface area contributed by atoms with Crippen LogP contribution in [0.5, 0.6) is 0 Å². The number of aromatic nitrogens is 2. The Morgan fingerprint density at radius 2 is 1.73 bits per heavy atom. The van der Waals surface area contributed by atoms with Crippen LogP contribution in [0.4, 0.5) is 20.7 Å². The molecular formula is C20H18FN5O3S. The van der Waals surface area contributed by atoms with Crippen molar-refractivity contribution in [2.24, 2.45) is 5.73 Å². The van der Waals surface area contributed by atoms with Gasteiger partial charge in [0, 0.05) is 17.3 Å². The Balaban J connectivity index is 1.75. The van der Waals surface area contributed by atoms with Crippen LogP contribution in [0.3, 0.4) is 0 Å². The fourth-order valence-electron chi connectivity index (χ4n) is 3.32. The van der Waals surface area contributed by atoms with Gasteiger partial charge in [0.25, 0.3) is 0 Å². The lowest BCUT2D eigenvalue weighted by molar-refractivity contribution is 0.259. The second-order valence-electron chi connectivity index (χ2n) is 7.00. The normalized spacial score (nSPS) is 14.8. The van der Waals surface area contributed by atoms with Crippen LogP contribution in [-0.2, 0) is 14.6 Å². The number of hydrogen-bond donors (Lipinski definition) is 3. The summed E-state index contributed by atoms with van der Waals surface area (Å²) in [4.78, 5) is 19.2. The van der Waals surface area contributed by atoms with Crippen molar-refractivity contribution in [2.75, 3.05) is 11.1 Å². The van der Waals surface area contributed by atoms with E-state index in [1.807, 2.05) is 0 Å². The number of amides is 2. The van der Waals surface area contributed by atoms with Gasteiger partial charge in [-0.1, -0.05) is 12.1 Å². The molecule has 2 amide bonds. The molecule has 1 heterocycles. The van der Waals surface area contributed by atoms with Crippen molar-refractivity contribution in [3.8, 4) is 11.4 Å². The van der Waals surface area contributed by atoms with Gasteiger partial charge in [0.15, 0.2) is 15.7 Å². The van der Waals surface area contributed by atoms with Crippen LogP contribution in [0, 0.1) is 5.82 Å². The number of sulfone groups is 1. The van der Waals surface area contributed by atoms with Gasteiger partial charge in [-0.05, 0) is 49.2 Å². The number of hydrogen-bond acceptors (Lipinski definition) is 6. The number of nitrogens with one attached hydrogen (secondary N) is 1. The monoisotopic (exact) mass is 427 g/mol. The van der Waals surface area contributed by atoms with Gasteiger partial charge < -0.3 is 16.8 Å². The molecule has 1 fully saturated rings. The first kappa shape index (κ1) is 19.8. The predicted octanol–water partition coefficient (Wildman–Crippen LogP) is 2.82. The Morgan fingerprint density at radius 3 is 2.33 bits per heavy atom. The molecule has 2 aromatic carbocycles. The Hall–Kier alpha value is -3.53. The third-order valence-electron chi connectivity index (χ3n) is 4.97. The molecule has 1 saturated carbocycles. The molecule has 0 spiro atoms. The largest absolute Gasteiger partial charge is 0.384 e. The van der Waals surface area contributed by atoms with Crippen LogP contribution in [0.1, 0.15) is 18.5 Å². The fourth-order valence-corrected chi connectivity index (χ4v) is 5.35. The van der Waals surface area contributed by atoms with Crippen LogP contribution < -0.4 is 16.8 Å². The number of anilines is 2. The average molecular weight is 427 g/mol. The molecular weight excluding hydrogens is 409 g/mol. The first-order valence-corrected chi connectivity index (χ1v) is 10.5. The quantitative estimate of drug-likeness (QED) is 0.572. The summed E-state index contributed by atoms with van der Waals surface area (Å²) >= 11 is 0. The summed E-state index contributed by atoms with van der Waals surface area (Å²) in [7, 11) is -4.03. The molecule has 1 aromatic heterocycles. The van der Waals surface area contributed by atoms with Crippen molar-refractivity contribution in [1.82, 2.24) is 9.97 Å². The van der Waals surface area contributed by atoms with Gasteiger partial charge in [-0.25, -0.2) is 27.6 Å². The van der Waals surface area contributed by atoms with Gasteiger partial charge in [-0.3, -0.25) is 0 Å². The zero-order valence-corrected chi connectivity index (χ0v) is 16.5. The summed E-state index contributed by atoms with van der Waals surface area (Å²) in [5.41, 5.74) is 12.3. The lowest BCUT2D eigenvalue weighted by Crippen LogP contribution is -2.24. The second kappa shape index (κ2) is 7.06. The van der Waals surface area contributed by atoms with Crippen LogP contribution in [0.2, 0.25) is 0 Å². The number of rotatable bonds is 5. The number of nitrogens with two attached hydrogens (primary N) is 2. The van der Waals surface area contributed by atoms with Gasteiger partial charge >= 0.3 is 6.03 Å². The molecule has 0 bridgehead atoms. The second-order valence-corrected chi connectivity index (χ2v) is 9.22. The standard InChI is InChI=1S/C20H18FN5O3S/c21-14-3-1-2-4-15(14)30(28,29)20(9-10-20)16-11-17(22)26-18(25-16)12-5-7-13(8-6-12)24-19(23)27/h1-8,11H,9-10H2,(H2,22,25,26)(H3,23,24,27). The van der Waals surface area contributed by atoms with Gasteiger partial charge in [0.05, 0.1) is 5.69 Å². The van der Waals surface area contributed by atoms with Gasteiger partial charge in [-0.15, -0.1) is 0 Å². The van der Waals surface area contributed by atoms with E-state index in [9.17, 15) is 17.6 Å². The molecule has 0 radical (unpaired) electrons. The van der Waals surface area contributed by atoms with Crippen molar-refractivity contribution >= 4 is 27.4 Å². The first-order valence-electron chi connectivity index (χ1n) is 9.04. The zero-order chi connectivity index (χ0) is 21.5. The van der Waals surface area contributed by atoms with E-state index in [1.54, 1.807) is 24.3 Å². The van der Waals surface area contributed by atoms with Crippen LogP contribution in [0.25, 0.3) is 11.4 Å². The van der Waals surface area contributed by atoms with E-state index in [2.05, 4.69) is 15.3 Å². The molecule has 0 unspecified atom stereocenters. The Kier molecular flexibility index (Phi) is 4.65. The van der Waals surface area contributed by atoms with E-state index < -0.39 is 26.4 Å². The molecule has 1 aliphatic carbocycles. The fraction of sp³-hybridized carbons (Fsp3) is 0.150. The molecule has 3 aromatic rings. The van der Waals surface area contributed by atoms with Gasteiger partial charge in [0.1, 0.15) is 21.3 Å². The maximum atomic E-state index is 14.2. The van der Waals surface area contributed by atoms with E-state index >= 15 is 0 Å². The Morgan fingerprint density at radius 1 is 1.07 bits per heavy atom. The van der Waals surface area contributed by atoms with Crippen LogP contribution in [-0.4, -0.2) is 24.4 Å². The summed E-state index contributed by atoms with van der Waals surface area (Å²) in [5.74, 6) is -0.474. The predicted molar refractivity (Wildman–Crippen MR) is 110 cm³/mol. The Bertz CT molecular complexity index is 1240. The van der Waals surface area contributed by atoms with Crippen LogP contribution in [0.15, 0.2) is 59.5 Å². The lowest BCUT2D eigenvalue weighted by Gasteiger charge is -2.17. The number of nitrogen functional groups attached to an aromatic ring is 1. The summed E-state index contributed by atoms with van der Waals surface area (Å²) in [6, 6.07) is 12.5. The smallest absolute Gasteiger partial charge is 0.316 e. The molecule has 4 rings (SSSR count). The molecule has 5 N–H and O–H groups in total. The highest BCUT2D eigenvalue weighted by Crippen LogP contribution is 2.55. The zero-order valence-electron chi connectivity index (χ0n) is 15.7. The maximum absolute atomic E-state index is 14.2. The molecule has 8 nitrogen and oxygen atoms in total. The third kappa shape index (κ3) is 3.35. The summed E-state index contributed by atoms with van der Waals surface area (Å²) < 4.78 is 39.4. The maximum Gasteiger partial charge on any atom is 0.316 e. The third-order valence-corrected chi connectivity index (χ3v) is 7.52. The van der Waals surface area contributed by atoms with Crippen molar-refractivity contribution in [1.29, 1.82) is 0 Å². The minimum atomic E-state index is -4.03. The minimum Gasteiger partial charge on any atom is -0.384 e. The van der Waals surface area contributed by atoms with E-state index in [1.165, 1.54) is 24.3 Å². The van der Waals surface area contributed by atoms with E-state index in [-0.39, 0.29) is 22.2 Å². The lowest BCUT2D eigenvalue weighted by atomic mass is 10.1. The van der Waals surface area contributed by atoms with Crippen molar-refractivity contribution < 1.29 is 17.6 Å². The van der Waals surface area contributed by atoms with Crippen LogP contribution >= 0.6 is 0 Å². The summed E-state index contributed by atoms with van der Waals surface area (Å²) in [6.07, 6.45) is 0.613. The molecule has 30 heavy (non-hydrogen) atoms. The number of halogens is 1. The number of nitrogens with zero attached hydrogens (tertiary/aromatic N) is 2. The molecule has 10 heteroatoms. The minimum absolute atomic E-state index is 0.101. The van der Waals surface area contributed by atoms with E-state index in [4.69, 9.17) is 11.5 Å². The van der Waals surface area contributed by atoms with Crippen molar-refractivity contribution in [3.63, 3.8) is 0 Å². The SMILES string of the molecule is NC(=O)Nc1ccc(-c2nc(N)cc(C3(S(=O)(=O)c4ccccc4F)CC3)n2)cc1. The molecule has 1 aliphatic rings. The molecule has 0 aliphatic heterocycles. The van der Waals surface area contributed by atoms with Gasteiger partial charge in [0.2, 0.25) is 0 Å². The van der Waals surface area contributed by atoms with Crippen molar-refractivity contribution in [3.05, 3.63) is 66.1 Å². The first-order chi connectivity index (χ1) is 14.2. The molecule has 154 valence electrons. The Labute approximate surface area is 172 Å². The highest BCUT2D eigenvalue weighted by Gasteiger charge is 2.58. The summed E-state index contributed by atoms with van der Waals surface area (Å²) in [6.45, 7) is 0. The number of primary amides is 1. The number of urea groups is 1. The number of carbonyl (C=O) groups is 1.